The van der Waals surface area contributed by atoms with Crippen molar-refractivity contribution in [3.05, 3.63) is 39.7 Å². The molecule has 2 bridgehead atoms. The van der Waals surface area contributed by atoms with E-state index in [1.807, 2.05) is 15.9 Å². The number of aryl methyl sites for hydroxylation is 2. The van der Waals surface area contributed by atoms with E-state index in [0.717, 1.165) is 18.6 Å². The molecular formula is C27H34N6OS. The highest BCUT2D eigenvalue weighted by Gasteiger charge is 2.42. The molecule has 4 aromatic rings. The lowest BCUT2D eigenvalue weighted by Crippen LogP contribution is -2.53. The number of amides is 1. The van der Waals surface area contributed by atoms with Gasteiger partial charge in [0, 0.05) is 34.6 Å². The number of nitrogens with zero attached hydrogens (tertiary/aromatic N) is 4. The Morgan fingerprint density at radius 3 is 2.71 bits per heavy atom. The number of pyridine rings is 1. The van der Waals surface area contributed by atoms with Gasteiger partial charge in [-0.3, -0.25) is 9.69 Å². The van der Waals surface area contributed by atoms with Gasteiger partial charge in [-0.2, -0.15) is 5.10 Å². The van der Waals surface area contributed by atoms with Crippen LogP contribution in [-0.4, -0.2) is 49.5 Å². The monoisotopic (exact) mass is 490 g/mol. The quantitative estimate of drug-likeness (QED) is 0.410. The summed E-state index contributed by atoms with van der Waals surface area (Å²) in [6, 6.07) is 0.470. The summed E-state index contributed by atoms with van der Waals surface area (Å²) in [6.45, 7) is 12.6. The number of H-pyrrole nitrogens is 1. The van der Waals surface area contributed by atoms with Crippen LogP contribution in [-0.2, 0) is 4.79 Å². The second-order valence-corrected chi connectivity index (χ2v) is 12.0. The number of carbonyl (C=O) groups excluding carboxylic acids is 1. The van der Waals surface area contributed by atoms with Crippen LogP contribution < -0.4 is 5.73 Å². The maximum Gasteiger partial charge on any atom is 0.231 e. The third-order valence-corrected chi connectivity index (χ3v) is 9.92. The van der Waals surface area contributed by atoms with Gasteiger partial charge in [0.1, 0.15) is 11.2 Å². The number of thiophene rings is 1. The van der Waals surface area contributed by atoms with Crippen molar-refractivity contribution in [3.63, 3.8) is 0 Å². The van der Waals surface area contributed by atoms with Crippen LogP contribution in [0, 0.1) is 26.7 Å². The van der Waals surface area contributed by atoms with Crippen LogP contribution in [0.2, 0.25) is 0 Å². The van der Waals surface area contributed by atoms with Crippen molar-refractivity contribution in [1.82, 2.24) is 24.5 Å². The summed E-state index contributed by atoms with van der Waals surface area (Å²) in [7, 11) is 0. The first kappa shape index (κ1) is 22.7. The Balaban J connectivity index is 1.44. The molecule has 35 heavy (non-hydrogen) atoms. The van der Waals surface area contributed by atoms with Crippen LogP contribution in [0.25, 0.3) is 27.1 Å². The van der Waals surface area contributed by atoms with Gasteiger partial charge in [-0.15, -0.1) is 11.3 Å². The Hall–Kier alpha value is -2.71. The summed E-state index contributed by atoms with van der Waals surface area (Å²) >= 11 is 1.95. The minimum atomic E-state index is -0.210. The van der Waals surface area contributed by atoms with Crippen LogP contribution >= 0.6 is 11.3 Å². The molecule has 3 atom stereocenters. The Kier molecular flexibility index (Phi) is 5.30. The molecule has 0 aromatic carbocycles. The van der Waals surface area contributed by atoms with Gasteiger partial charge in [0.25, 0.3) is 0 Å². The third kappa shape index (κ3) is 3.44. The third-order valence-electron chi connectivity index (χ3n) is 8.58. The number of aromatic amines is 1. The van der Waals surface area contributed by atoms with E-state index in [2.05, 4.69) is 60.8 Å². The average molecular weight is 491 g/mol. The number of primary amides is 1. The molecule has 1 saturated carbocycles. The standard InChI is InChI=1S/C27H34N6OS/c1-13(2)22-23-16(5)25(19-8-18-7-6-17(19)9-32(18)11-21(28)34)35-27(23)31-24(22)20-10-33-26(29-12-30-33)15(4)14(20)3/h10,12-13,17-19,31H,6-9,11H2,1-5H3,(H2,28,34)/t17-,18-,19+/m0/s1. The number of carbonyl (C=O) groups is 1. The summed E-state index contributed by atoms with van der Waals surface area (Å²) in [5.74, 6) is 1.35. The van der Waals surface area contributed by atoms with Gasteiger partial charge in [0.15, 0.2) is 5.65 Å². The Morgan fingerprint density at radius 1 is 1.23 bits per heavy atom. The van der Waals surface area contributed by atoms with Crippen LogP contribution in [0.1, 0.15) is 72.1 Å². The molecule has 3 N–H and O–H groups in total. The molecule has 8 heteroatoms. The highest BCUT2D eigenvalue weighted by atomic mass is 32.1. The van der Waals surface area contributed by atoms with Crippen molar-refractivity contribution in [2.24, 2.45) is 11.7 Å². The zero-order valence-electron chi connectivity index (χ0n) is 21.2. The van der Waals surface area contributed by atoms with E-state index >= 15 is 0 Å². The van der Waals surface area contributed by atoms with Gasteiger partial charge in [-0.25, -0.2) is 9.50 Å². The first-order valence-corrected chi connectivity index (χ1v) is 13.5. The highest BCUT2D eigenvalue weighted by Crippen LogP contribution is 2.51. The molecule has 6 heterocycles. The first-order valence-electron chi connectivity index (χ1n) is 12.7. The summed E-state index contributed by atoms with van der Waals surface area (Å²) in [6.07, 6.45) is 7.31. The van der Waals surface area contributed by atoms with E-state index in [0.29, 0.717) is 30.3 Å². The minimum Gasteiger partial charge on any atom is -0.369 e. The van der Waals surface area contributed by atoms with Gasteiger partial charge >= 0.3 is 0 Å². The topological polar surface area (TPSA) is 92.3 Å². The number of hydrogen-bond donors (Lipinski definition) is 2. The van der Waals surface area contributed by atoms with E-state index in [-0.39, 0.29) is 5.91 Å². The van der Waals surface area contributed by atoms with E-state index in [9.17, 15) is 4.79 Å². The Labute approximate surface area is 209 Å². The van der Waals surface area contributed by atoms with E-state index in [1.165, 1.54) is 61.4 Å². The van der Waals surface area contributed by atoms with Gasteiger partial charge in [-0.1, -0.05) is 13.8 Å². The molecule has 3 aliphatic rings. The Bertz CT molecular complexity index is 1460. The summed E-state index contributed by atoms with van der Waals surface area (Å²) in [5, 5.41) is 5.83. The van der Waals surface area contributed by atoms with Crippen molar-refractivity contribution < 1.29 is 4.79 Å². The number of rotatable bonds is 5. The fourth-order valence-corrected chi connectivity index (χ4v) is 8.21. The maximum atomic E-state index is 11.6. The SMILES string of the molecule is Cc1c(-c2[nH]c3sc([C@@H]4C[C@@H]5CC[C@H]4CN5CC(N)=O)c(C)c3c2C(C)C)cn2ncnc2c1C. The first-order chi connectivity index (χ1) is 16.7. The molecular weight excluding hydrogens is 456 g/mol. The molecule has 0 spiro atoms. The lowest BCUT2D eigenvalue weighted by molar-refractivity contribution is -0.121. The number of nitrogens with two attached hydrogens (primary N) is 1. The number of hydrogen-bond acceptors (Lipinski definition) is 5. The molecule has 7 nitrogen and oxygen atoms in total. The van der Waals surface area contributed by atoms with Crippen LogP contribution in [0.5, 0.6) is 0 Å². The van der Waals surface area contributed by atoms with Crippen molar-refractivity contribution in [2.45, 2.75) is 71.8 Å². The molecule has 4 aromatic heterocycles. The largest absolute Gasteiger partial charge is 0.369 e. The van der Waals surface area contributed by atoms with Gasteiger partial charge in [0.05, 0.1) is 12.2 Å². The van der Waals surface area contributed by atoms with Gasteiger partial charge in [0.2, 0.25) is 5.91 Å². The fraction of sp³-hybridized carbons (Fsp3) is 0.519. The number of fused-ring (bicyclic) bond motifs is 5. The average Bonchev–Trinajstić information content (AvgIpc) is 3.51. The van der Waals surface area contributed by atoms with Gasteiger partial charge < -0.3 is 10.7 Å². The molecule has 184 valence electrons. The molecule has 1 amide bonds. The van der Waals surface area contributed by atoms with Crippen LogP contribution in [0.3, 0.4) is 0 Å². The van der Waals surface area contributed by atoms with Crippen LogP contribution in [0.4, 0.5) is 0 Å². The van der Waals surface area contributed by atoms with E-state index in [4.69, 9.17) is 5.73 Å². The predicted molar refractivity (Wildman–Crippen MR) is 141 cm³/mol. The molecule has 2 saturated heterocycles. The van der Waals surface area contributed by atoms with Crippen molar-refractivity contribution >= 4 is 33.1 Å². The maximum absolute atomic E-state index is 11.6. The molecule has 1 aliphatic carbocycles. The zero-order valence-corrected chi connectivity index (χ0v) is 22.0. The summed E-state index contributed by atoms with van der Waals surface area (Å²) in [5.41, 5.74) is 14.1. The van der Waals surface area contributed by atoms with Crippen molar-refractivity contribution in [2.75, 3.05) is 13.1 Å². The number of aromatic nitrogens is 4. The minimum absolute atomic E-state index is 0.210. The molecule has 2 aliphatic heterocycles. The molecule has 3 fully saturated rings. The zero-order chi connectivity index (χ0) is 24.6. The number of nitrogens with one attached hydrogen (secondary N) is 1. The van der Waals surface area contributed by atoms with Crippen molar-refractivity contribution in [3.8, 4) is 11.3 Å². The second-order valence-electron chi connectivity index (χ2n) is 10.9. The van der Waals surface area contributed by atoms with E-state index < -0.39 is 0 Å². The normalized spacial score (nSPS) is 22.7. The van der Waals surface area contributed by atoms with Crippen molar-refractivity contribution in [1.29, 1.82) is 0 Å². The summed E-state index contributed by atoms with van der Waals surface area (Å²) < 4.78 is 1.89. The Morgan fingerprint density at radius 2 is 2.03 bits per heavy atom. The van der Waals surface area contributed by atoms with E-state index in [1.54, 1.807) is 6.33 Å². The smallest absolute Gasteiger partial charge is 0.231 e. The molecule has 0 unspecified atom stereocenters. The highest BCUT2D eigenvalue weighted by molar-refractivity contribution is 7.19. The fourth-order valence-electron chi connectivity index (χ4n) is 6.77. The number of piperidine rings is 2. The van der Waals surface area contributed by atoms with Crippen LogP contribution in [0.15, 0.2) is 12.5 Å². The summed E-state index contributed by atoms with van der Waals surface area (Å²) in [4.78, 5) is 25.0. The second kappa shape index (κ2) is 8.17. The molecule has 7 rings (SSSR count). The van der Waals surface area contributed by atoms with Gasteiger partial charge in [-0.05, 0) is 80.0 Å². The lowest BCUT2D eigenvalue weighted by Gasteiger charge is -2.49. The lowest BCUT2D eigenvalue weighted by atomic mass is 9.70. The molecule has 0 radical (unpaired) electrons. The predicted octanol–water partition coefficient (Wildman–Crippen LogP) is 5.04.